The van der Waals surface area contributed by atoms with Crippen LogP contribution in [0.1, 0.15) is 62.4 Å². The first-order valence-electron chi connectivity index (χ1n) is 6.03. The number of hydrogen-bond donors (Lipinski definition) is 1. The molecule has 2 fully saturated rings. The Morgan fingerprint density at radius 3 is 2.67 bits per heavy atom. The maximum atomic E-state index is 6.36. The predicted molar refractivity (Wildman–Crippen MR) is 57.4 cm³/mol. The van der Waals surface area contributed by atoms with Crippen molar-refractivity contribution in [1.82, 2.24) is 4.98 Å². The molecule has 1 aromatic heterocycles. The SMILES string of the molecule is NC1(c2nc(C3CC3)co2)CCCCC1. The number of aromatic nitrogens is 1. The largest absolute Gasteiger partial charge is 0.447 e. The van der Waals surface area contributed by atoms with Gasteiger partial charge in [0.05, 0.1) is 11.2 Å². The summed E-state index contributed by atoms with van der Waals surface area (Å²) >= 11 is 0. The van der Waals surface area contributed by atoms with E-state index in [1.165, 1.54) is 32.1 Å². The second-order valence-corrected chi connectivity index (χ2v) is 5.07. The summed E-state index contributed by atoms with van der Waals surface area (Å²) in [5.74, 6) is 1.44. The van der Waals surface area contributed by atoms with Gasteiger partial charge in [0.25, 0.3) is 0 Å². The summed E-state index contributed by atoms with van der Waals surface area (Å²) < 4.78 is 5.57. The first-order valence-corrected chi connectivity index (χ1v) is 6.03. The van der Waals surface area contributed by atoms with Crippen LogP contribution in [0.2, 0.25) is 0 Å². The van der Waals surface area contributed by atoms with Gasteiger partial charge < -0.3 is 10.2 Å². The second kappa shape index (κ2) is 3.34. The highest BCUT2D eigenvalue weighted by atomic mass is 16.3. The van der Waals surface area contributed by atoms with Crippen LogP contribution in [-0.4, -0.2) is 4.98 Å². The molecule has 0 unspecified atom stereocenters. The Kier molecular flexibility index (Phi) is 2.09. The van der Waals surface area contributed by atoms with E-state index in [1.807, 2.05) is 6.26 Å². The third kappa shape index (κ3) is 1.69. The van der Waals surface area contributed by atoms with Crippen molar-refractivity contribution in [3.63, 3.8) is 0 Å². The van der Waals surface area contributed by atoms with E-state index in [1.54, 1.807) is 0 Å². The molecular weight excluding hydrogens is 188 g/mol. The Morgan fingerprint density at radius 2 is 2.00 bits per heavy atom. The number of rotatable bonds is 2. The molecule has 15 heavy (non-hydrogen) atoms. The molecule has 0 atom stereocenters. The summed E-state index contributed by atoms with van der Waals surface area (Å²) in [4.78, 5) is 4.58. The van der Waals surface area contributed by atoms with Crippen molar-refractivity contribution in [2.24, 2.45) is 5.73 Å². The zero-order chi connectivity index (χ0) is 10.3. The van der Waals surface area contributed by atoms with Gasteiger partial charge in [-0.1, -0.05) is 19.3 Å². The Labute approximate surface area is 90.1 Å². The van der Waals surface area contributed by atoms with E-state index in [9.17, 15) is 0 Å². The van der Waals surface area contributed by atoms with Gasteiger partial charge in [-0.3, -0.25) is 0 Å². The van der Waals surface area contributed by atoms with Crippen molar-refractivity contribution in [3.8, 4) is 0 Å². The molecule has 1 heterocycles. The smallest absolute Gasteiger partial charge is 0.214 e. The summed E-state index contributed by atoms with van der Waals surface area (Å²) in [6, 6.07) is 0. The van der Waals surface area contributed by atoms with Crippen LogP contribution in [-0.2, 0) is 5.54 Å². The number of nitrogens with zero attached hydrogens (tertiary/aromatic N) is 1. The van der Waals surface area contributed by atoms with Crippen LogP contribution in [0.25, 0.3) is 0 Å². The van der Waals surface area contributed by atoms with Gasteiger partial charge in [-0.25, -0.2) is 4.98 Å². The molecule has 3 nitrogen and oxygen atoms in total. The molecule has 0 bridgehead atoms. The number of oxazole rings is 1. The molecule has 0 spiro atoms. The van der Waals surface area contributed by atoms with Crippen molar-refractivity contribution in [1.29, 1.82) is 0 Å². The molecule has 0 radical (unpaired) electrons. The molecule has 0 amide bonds. The first kappa shape index (κ1) is 9.40. The minimum absolute atomic E-state index is 0.272. The summed E-state index contributed by atoms with van der Waals surface area (Å²) in [5, 5.41) is 0. The highest BCUT2D eigenvalue weighted by Crippen LogP contribution is 2.41. The lowest BCUT2D eigenvalue weighted by molar-refractivity contribution is 0.242. The van der Waals surface area contributed by atoms with Crippen molar-refractivity contribution in [2.45, 2.75) is 56.4 Å². The quantitative estimate of drug-likeness (QED) is 0.809. The molecule has 2 aliphatic rings. The standard InChI is InChI=1S/C12H18N2O/c13-12(6-2-1-3-7-12)11-14-10(8-15-11)9-4-5-9/h8-9H,1-7,13H2. The van der Waals surface area contributed by atoms with E-state index in [0.29, 0.717) is 5.92 Å². The van der Waals surface area contributed by atoms with Gasteiger partial charge >= 0.3 is 0 Å². The van der Waals surface area contributed by atoms with E-state index in [4.69, 9.17) is 10.2 Å². The zero-order valence-corrected chi connectivity index (χ0v) is 9.04. The first-order chi connectivity index (χ1) is 7.28. The fourth-order valence-electron chi connectivity index (χ4n) is 2.48. The average Bonchev–Trinajstić information content (AvgIpc) is 2.97. The maximum absolute atomic E-state index is 6.36. The molecule has 2 aliphatic carbocycles. The number of nitrogens with two attached hydrogens (primary N) is 1. The molecule has 82 valence electrons. The van der Waals surface area contributed by atoms with Crippen LogP contribution in [0, 0.1) is 0 Å². The molecule has 0 aromatic carbocycles. The molecule has 3 heteroatoms. The molecule has 1 aromatic rings. The fourth-order valence-corrected chi connectivity index (χ4v) is 2.48. The summed E-state index contributed by atoms with van der Waals surface area (Å²) in [6.07, 6.45) is 10.1. The van der Waals surface area contributed by atoms with Crippen molar-refractivity contribution in [3.05, 3.63) is 17.8 Å². The minimum Gasteiger partial charge on any atom is -0.447 e. The third-order valence-corrected chi connectivity index (χ3v) is 3.69. The van der Waals surface area contributed by atoms with Gasteiger partial charge in [-0.05, 0) is 25.7 Å². The van der Waals surface area contributed by atoms with Gasteiger partial charge in [0.1, 0.15) is 6.26 Å². The topological polar surface area (TPSA) is 52.0 Å². The third-order valence-electron chi connectivity index (χ3n) is 3.69. The molecule has 2 saturated carbocycles. The normalized spacial score (nSPS) is 25.4. The van der Waals surface area contributed by atoms with E-state index in [2.05, 4.69) is 4.98 Å². The lowest BCUT2D eigenvalue weighted by Crippen LogP contribution is -2.38. The summed E-state index contributed by atoms with van der Waals surface area (Å²) in [7, 11) is 0. The Morgan fingerprint density at radius 1 is 1.27 bits per heavy atom. The van der Waals surface area contributed by atoms with Crippen molar-refractivity contribution in [2.75, 3.05) is 0 Å². The highest BCUT2D eigenvalue weighted by molar-refractivity contribution is 5.14. The zero-order valence-electron chi connectivity index (χ0n) is 9.04. The molecule has 3 rings (SSSR count). The highest BCUT2D eigenvalue weighted by Gasteiger charge is 2.36. The second-order valence-electron chi connectivity index (χ2n) is 5.07. The molecule has 0 saturated heterocycles. The summed E-state index contributed by atoms with van der Waals surface area (Å²) in [6.45, 7) is 0. The monoisotopic (exact) mass is 206 g/mol. The van der Waals surface area contributed by atoms with E-state index < -0.39 is 0 Å². The van der Waals surface area contributed by atoms with Crippen LogP contribution in [0.15, 0.2) is 10.7 Å². The van der Waals surface area contributed by atoms with E-state index in [-0.39, 0.29) is 5.54 Å². The predicted octanol–water partition coefficient (Wildman–Crippen LogP) is 2.67. The Balaban J connectivity index is 1.83. The van der Waals surface area contributed by atoms with Gasteiger partial charge in [-0.2, -0.15) is 0 Å². The van der Waals surface area contributed by atoms with Crippen LogP contribution in [0.3, 0.4) is 0 Å². The number of hydrogen-bond acceptors (Lipinski definition) is 3. The van der Waals surface area contributed by atoms with Gasteiger partial charge in [0, 0.05) is 5.92 Å². The molecule has 0 aliphatic heterocycles. The Hall–Kier alpha value is -0.830. The molecule has 2 N–H and O–H groups in total. The maximum Gasteiger partial charge on any atom is 0.214 e. The van der Waals surface area contributed by atoms with Crippen LogP contribution in [0.4, 0.5) is 0 Å². The lowest BCUT2D eigenvalue weighted by Gasteiger charge is -2.29. The lowest BCUT2D eigenvalue weighted by atomic mass is 9.82. The van der Waals surface area contributed by atoms with Crippen LogP contribution >= 0.6 is 0 Å². The van der Waals surface area contributed by atoms with Crippen LogP contribution < -0.4 is 5.73 Å². The van der Waals surface area contributed by atoms with E-state index in [0.717, 1.165) is 24.4 Å². The van der Waals surface area contributed by atoms with Crippen molar-refractivity contribution >= 4 is 0 Å². The van der Waals surface area contributed by atoms with Crippen LogP contribution in [0.5, 0.6) is 0 Å². The van der Waals surface area contributed by atoms with E-state index >= 15 is 0 Å². The van der Waals surface area contributed by atoms with Gasteiger partial charge in [0.2, 0.25) is 5.89 Å². The minimum atomic E-state index is -0.272. The van der Waals surface area contributed by atoms with Gasteiger partial charge in [0.15, 0.2) is 0 Å². The van der Waals surface area contributed by atoms with Gasteiger partial charge in [-0.15, -0.1) is 0 Å². The Bertz CT molecular complexity index is 348. The average molecular weight is 206 g/mol. The fraction of sp³-hybridized carbons (Fsp3) is 0.750. The van der Waals surface area contributed by atoms with Crippen molar-refractivity contribution < 1.29 is 4.42 Å². The molecular formula is C12H18N2O. The summed E-state index contributed by atoms with van der Waals surface area (Å²) in [5.41, 5.74) is 7.21.